The van der Waals surface area contributed by atoms with Gasteiger partial charge in [0.05, 0.1) is 23.5 Å². The Kier molecular flexibility index (Phi) is 8.81. The van der Waals surface area contributed by atoms with Gasteiger partial charge in [-0.3, -0.25) is 9.59 Å². The van der Waals surface area contributed by atoms with Crippen LogP contribution >= 0.6 is 34.2 Å². The molecule has 1 saturated carbocycles. The van der Waals surface area contributed by atoms with Gasteiger partial charge in [-0.15, -0.1) is 5.10 Å². The van der Waals surface area contributed by atoms with Gasteiger partial charge in [0.1, 0.15) is 5.69 Å². The quantitative estimate of drug-likeness (QED) is 0.120. The number of Topliss-reactive ketones (excluding diaryl/α,β-unsaturated/α-hetero) is 1. The van der Waals surface area contributed by atoms with E-state index in [1.54, 1.807) is 19.1 Å². The molecule has 0 bridgehead atoms. The second kappa shape index (κ2) is 12.1. The molecule has 3 aromatic heterocycles. The molecule has 44 heavy (non-hydrogen) atoms. The average Bonchev–Trinajstić information content (AvgIpc) is 3.55. The van der Waals surface area contributed by atoms with Crippen molar-refractivity contribution in [2.45, 2.75) is 57.8 Å². The number of halogens is 7. The first-order chi connectivity index (χ1) is 20.7. The van der Waals surface area contributed by atoms with E-state index in [1.165, 1.54) is 23.0 Å². The van der Waals surface area contributed by atoms with Gasteiger partial charge >= 0.3 is 12.1 Å². The van der Waals surface area contributed by atoms with Crippen molar-refractivity contribution < 1.29 is 31.5 Å². The van der Waals surface area contributed by atoms with Crippen molar-refractivity contribution in [1.29, 1.82) is 0 Å². The second-order valence-corrected chi connectivity index (χ2v) is 12.2. The fourth-order valence-electron chi connectivity index (χ4n) is 4.69. The summed E-state index contributed by atoms with van der Waals surface area (Å²) in [5, 5.41) is 13.9. The molecule has 1 N–H and O–H groups in total. The number of pyridine rings is 1. The van der Waals surface area contributed by atoms with E-state index in [-0.39, 0.29) is 40.6 Å². The molecule has 16 heteroatoms. The summed E-state index contributed by atoms with van der Waals surface area (Å²) in [6.07, 6.45) is -2.09. The first-order valence-corrected chi connectivity index (χ1v) is 14.8. The van der Waals surface area contributed by atoms with Gasteiger partial charge in [-0.2, -0.15) is 27.1 Å². The van der Waals surface area contributed by atoms with E-state index in [9.17, 15) is 31.5 Å². The molecule has 3 heterocycles. The molecule has 1 aromatic carbocycles. The number of aromatic nitrogens is 6. The molecule has 0 radical (unpaired) electrons. The van der Waals surface area contributed by atoms with E-state index in [4.69, 9.17) is 11.6 Å². The molecule has 1 amide bonds. The fraction of sp³-hybridized carbons (Fsp3) is 0.357. The highest BCUT2D eigenvalue weighted by atomic mass is 127. The van der Waals surface area contributed by atoms with Crippen molar-refractivity contribution in [3.05, 3.63) is 85.1 Å². The highest BCUT2D eigenvalue weighted by molar-refractivity contribution is 14.1. The molecule has 1 aliphatic carbocycles. The van der Waals surface area contributed by atoms with Crippen LogP contribution in [0.3, 0.4) is 0 Å². The molecule has 1 fully saturated rings. The van der Waals surface area contributed by atoms with Crippen molar-refractivity contribution in [1.82, 2.24) is 35.1 Å². The van der Waals surface area contributed by atoms with Crippen molar-refractivity contribution in [2.75, 3.05) is 0 Å². The maximum absolute atomic E-state index is 13.9. The van der Waals surface area contributed by atoms with Crippen LogP contribution in [0.1, 0.15) is 63.1 Å². The Morgan fingerprint density at radius 1 is 1.18 bits per heavy atom. The number of alkyl halides is 5. The summed E-state index contributed by atoms with van der Waals surface area (Å²) in [5.74, 6) is -5.47. The third kappa shape index (κ3) is 6.62. The molecular weight excluding hydrogens is 724 g/mol. The van der Waals surface area contributed by atoms with E-state index < -0.39 is 30.1 Å². The first-order valence-electron chi connectivity index (χ1n) is 13.3. The number of benzene rings is 1. The summed E-state index contributed by atoms with van der Waals surface area (Å²) in [6.45, 7) is 3.34. The Labute approximate surface area is 266 Å². The lowest BCUT2D eigenvalue weighted by molar-refractivity contribution is -0.291. The fourth-order valence-corrected chi connectivity index (χ4v) is 5.67. The van der Waals surface area contributed by atoms with Gasteiger partial charge in [0.25, 0.3) is 5.91 Å². The third-order valence-corrected chi connectivity index (χ3v) is 8.15. The van der Waals surface area contributed by atoms with Crippen molar-refractivity contribution in [2.24, 2.45) is 5.92 Å². The Balaban J connectivity index is 1.49. The summed E-state index contributed by atoms with van der Waals surface area (Å²) >= 11 is 8.45. The van der Waals surface area contributed by atoms with Gasteiger partial charge < -0.3 is 5.32 Å². The molecular formula is C28H24ClF5IN7O2. The number of hydrogen-bond donors (Lipinski definition) is 1. The molecule has 1 aliphatic rings. The van der Waals surface area contributed by atoms with E-state index in [0.29, 0.717) is 23.2 Å². The zero-order valence-electron chi connectivity index (χ0n) is 23.2. The van der Waals surface area contributed by atoms with Crippen LogP contribution in [0.2, 0.25) is 5.02 Å². The number of rotatable bonds is 10. The van der Waals surface area contributed by atoms with Gasteiger partial charge in [0, 0.05) is 27.8 Å². The number of nitrogens with zero attached hydrogens (tertiary/aromatic N) is 6. The van der Waals surface area contributed by atoms with Crippen molar-refractivity contribution in [3.63, 3.8) is 0 Å². The van der Waals surface area contributed by atoms with Gasteiger partial charge in [-0.25, -0.2) is 14.3 Å². The van der Waals surface area contributed by atoms with Gasteiger partial charge in [0.2, 0.25) is 0 Å². The van der Waals surface area contributed by atoms with Crippen LogP contribution < -0.4 is 5.32 Å². The summed E-state index contributed by atoms with van der Waals surface area (Å²) in [6, 6.07) is 7.97. The van der Waals surface area contributed by atoms with Crippen LogP contribution in [0.5, 0.6) is 0 Å². The smallest absolute Gasteiger partial charge is 0.349 e. The summed E-state index contributed by atoms with van der Waals surface area (Å²) in [5.41, 5.74) is 0.0854. The molecule has 0 spiro atoms. The largest absolute Gasteiger partial charge is 0.459 e. The average molecular weight is 748 g/mol. The first kappa shape index (κ1) is 31.9. The van der Waals surface area contributed by atoms with Gasteiger partial charge in [0.15, 0.2) is 17.3 Å². The predicted molar refractivity (Wildman–Crippen MR) is 157 cm³/mol. The maximum atomic E-state index is 13.9. The van der Waals surface area contributed by atoms with Crippen LogP contribution in [0, 0.1) is 16.4 Å². The number of nitrogens with one attached hydrogen (secondary N) is 1. The highest BCUT2D eigenvalue weighted by Gasteiger charge is 2.60. The van der Waals surface area contributed by atoms with Gasteiger partial charge in [-0.1, -0.05) is 16.8 Å². The molecule has 1 unspecified atom stereocenters. The van der Waals surface area contributed by atoms with Crippen LogP contribution in [0.4, 0.5) is 22.0 Å². The Hall–Kier alpha value is -3.47. The molecule has 0 aliphatic heterocycles. The number of carbonyl (C=O) groups is 2. The third-order valence-electron chi connectivity index (χ3n) is 7.23. The van der Waals surface area contributed by atoms with Crippen LogP contribution in [0.25, 0.3) is 5.82 Å². The van der Waals surface area contributed by atoms with E-state index in [2.05, 4.69) is 48.3 Å². The summed E-state index contributed by atoms with van der Waals surface area (Å²) in [7, 11) is 0. The minimum absolute atomic E-state index is 0.00258. The SMILES string of the molecule is Cc1cc(I)cc(C(=O)NC(C)C2CC2)c1CC(=O)c1cc(Cn2cc(C(F)(F)C(F)(F)F)nn2)nn1-c1ncccc1Cl. The monoisotopic (exact) mass is 747 g/mol. The molecule has 1 atom stereocenters. The Morgan fingerprint density at radius 3 is 2.57 bits per heavy atom. The molecule has 9 nitrogen and oxygen atoms in total. The van der Waals surface area contributed by atoms with Crippen LogP contribution in [-0.4, -0.2) is 53.7 Å². The van der Waals surface area contributed by atoms with Crippen molar-refractivity contribution >= 4 is 45.9 Å². The number of amides is 1. The minimum Gasteiger partial charge on any atom is -0.349 e. The molecule has 4 aromatic rings. The lowest BCUT2D eigenvalue weighted by Crippen LogP contribution is -2.35. The topological polar surface area (TPSA) is 108 Å². The zero-order valence-corrected chi connectivity index (χ0v) is 26.1. The lowest BCUT2D eigenvalue weighted by atomic mass is 9.95. The normalized spacial score (nSPS) is 14.5. The summed E-state index contributed by atoms with van der Waals surface area (Å²) < 4.78 is 68.7. The summed E-state index contributed by atoms with van der Waals surface area (Å²) in [4.78, 5) is 31.4. The Morgan fingerprint density at radius 2 is 1.91 bits per heavy atom. The molecule has 232 valence electrons. The lowest BCUT2D eigenvalue weighted by Gasteiger charge is -2.17. The standard InChI is InChI=1S/C28H24ClF5IN7O2/c1-14-8-17(35)9-20(26(44)37-15(2)16-5-6-16)19(14)11-23(43)22-10-18(39-42(22)25-21(29)4-3-7-36-25)12-41-13-24(38-40-41)27(30,31)28(32,33)34/h3-4,7-10,13,15-16H,5-6,11-12H2,1-2H3,(H,37,44). The van der Waals surface area contributed by atoms with Crippen molar-refractivity contribution in [3.8, 4) is 5.82 Å². The zero-order chi connectivity index (χ0) is 32.0. The number of aryl methyl sites for hydroxylation is 1. The Bertz CT molecular complexity index is 1740. The predicted octanol–water partition coefficient (Wildman–Crippen LogP) is 6.08. The number of ketones is 1. The minimum atomic E-state index is -5.86. The van der Waals surface area contributed by atoms with Crippen LogP contribution in [-0.2, 0) is 18.9 Å². The number of hydrogen-bond acceptors (Lipinski definition) is 6. The molecule has 5 rings (SSSR count). The van der Waals surface area contributed by atoms with Gasteiger partial charge in [-0.05, 0) is 96.7 Å². The van der Waals surface area contributed by atoms with E-state index in [1.807, 2.05) is 13.0 Å². The number of carbonyl (C=O) groups excluding carboxylic acids is 2. The highest BCUT2D eigenvalue weighted by Crippen LogP contribution is 2.42. The van der Waals surface area contributed by atoms with E-state index in [0.717, 1.165) is 26.7 Å². The maximum Gasteiger partial charge on any atom is 0.459 e. The second-order valence-electron chi connectivity index (χ2n) is 10.6. The van der Waals surface area contributed by atoms with Crippen LogP contribution in [0.15, 0.2) is 42.7 Å². The van der Waals surface area contributed by atoms with E-state index >= 15 is 0 Å². The molecule has 0 saturated heterocycles.